The molecular formula is C19H21ClN2O4S. The zero-order valence-corrected chi connectivity index (χ0v) is 16.7. The average Bonchev–Trinajstić information content (AvgIpc) is 2.65. The van der Waals surface area contributed by atoms with Crippen molar-refractivity contribution in [1.82, 2.24) is 5.32 Å². The lowest BCUT2D eigenvalue weighted by Crippen LogP contribution is -2.41. The van der Waals surface area contributed by atoms with Crippen LogP contribution in [0.1, 0.15) is 5.56 Å². The van der Waals surface area contributed by atoms with Crippen molar-refractivity contribution < 1.29 is 17.9 Å². The SMILES string of the molecule is C=CCNC(=O)CN(c1ccc(Cl)cc1)S(=O)(=O)c1cc(C)ccc1OC. The number of hydrogen-bond acceptors (Lipinski definition) is 4. The standard InChI is InChI=1S/C19H21ClN2O4S/c1-4-11-21-19(23)13-22(16-8-6-15(20)7-9-16)27(24,25)18-12-14(2)5-10-17(18)26-3/h4-10,12H,1,11,13H2,2-3H3,(H,21,23). The molecule has 0 radical (unpaired) electrons. The predicted octanol–water partition coefficient (Wildman–Crippen LogP) is 3.15. The third kappa shape index (κ3) is 5.02. The molecule has 0 saturated heterocycles. The van der Waals surface area contributed by atoms with E-state index in [-0.39, 0.29) is 17.2 Å². The number of nitrogens with zero attached hydrogens (tertiary/aromatic N) is 1. The lowest BCUT2D eigenvalue weighted by molar-refractivity contribution is -0.119. The van der Waals surface area contributed by atoms with Gasteiger partial charge in [-0.25, -0.2) is 8.42 Å². The summed E-state index contributed by atoms with van der Waals surface area (Å²) in [4.78, 5) is 12.2. The number of halogens is 1. The molecule has 0 aliphatic carbocycles. The van der Waals surface area contributed by atoms with E-state index < -0.39 is 22.5 Å². The lowest BCUT2D eigenvalue weighted by atomic mass is 10.2. The number of anilines is 1. The molecule has 0 bridgehead atoms. The van der Waals surface area contributed by atoms with Crippen LogP contribution in [0.2, 0.25) is 5.02 Å². The van der Waals surface area contributed by atoms with Crippen molar-refractivity contribution in [1.29, 1.82) is 0 Å². The summed E-state index contributed by atoms with van der Waals surface area (Å²) in [6, 6.07) is 11.1. The molecule has 1 amide bonds. The maximum atomic E-state index is 13.4. The van der Waals surface area contributed by atoms with Gasteiger partial charge in [-0.15, -0.1) is 6.58 Å². The molecule has 0 unspecified atom stereocenters. The zero-order chi connectivity index (χ0) is 20.0. The van der Waals surface area contributed by atoms with Crippen LogP contribution in [-0.2, 0) is 14.8 Å². The molecule has 2 aromatic carbocycles. The molecule has 0 atom stereocenters. The number of amides is 1. The normalized spacial score (nSPS) is 10.9. The molecule has 0 spiro atoms. The van der Waals surface area contributed by atoms with E-state index in [1.54, 1.807) is 43.3 Å². The number of hydrogen-bond donors (Lipinski definition) is 1. The van der Waals surface area contributed by atoms with Crippen molar-refractivity contribution >= 4 is 33.2 Å². The molecule has 0 aliphatic rings. The van der Waals surface area contributed by atoms with Gasteiger partial charge in [-0.2, -0.15) is 0 Å². The van der Waals surface area contributed by atoms with E-state index in [4.69, 9.17) is 16.3 Å². The maximum absolute atomic E-state index is 13.4. The molecule has 0 aliphatic heterocycles. The van der Waals surface area contributed by atoms with Gasteiger partial charge in [0.05, 0.1) is 12.8 Å². The number of methoxy groups -OCH3 is 1. The Balaban J connectivity index is 2.54. The summed E-state index contributed by atoms with van der Waals surface area (Å²) >= 11 is 5.91. The molecule has 6 nitrogen and oxygen atoms in total. The van der Waals surface area contributed by atoms with Crippen LogP contribution < -0.4 is 14.4 Å². The number of aryl methyl sites for hydroxylation is 1. The molecule has 8 heteroatoms. The highest BCUT2D eigenvalue weighted by Crippen LogP contribution is 2.31. The molecule has 0 saturated carbocycles. The molecule has 0 fully saturated rings. The zero-order valence-electron chi connectivity index (χ0n) is 15.1. The Bertz CT molecular complexity index is 927. The summed E-state index contributed by atoms with van der Waals surface area (Å²) < 4.78 is 33.0. The van der Waals surface area contributed by atoms with E-state index >= 15 is 0 Å². The Morgan fingerprint density at radius 1 is 1.26 bits per heavy atom. The Labute approximate surface area is 164 Å². The van der Waals surface area contributed by atoms with E-state index in [2.05, 4.69) is 11.9 Å². The van der Waals surface area contributed by atoms with E-state index in [9.17, 15) is 13.2 Å². The van der Waals surface area contributed by atoms with Crippen molar-refractivity contribution in [3.05, 3.63) is 65.7 Å². The fraction of sp³-hybridized carbons (Fsp3) is 0.211. The number of sulfonamides is 1. The molecule has 2 rings (SSSR count). The minimum absolute atomic E-state index is 0.0172. The van der Waals surface area contributed by atoms with E-state index in [1.165, 1.54) is 19.3 Å². The number of carbonyl (C=O) groups is 1. The van der Waals surface area contributed by atoms with Crippen molar-refractivity contribution in [2.45, 2.75) is 11.8 Å². The molecule has 144 valence electrons. The first kappa shape index (κ1) is 20.8. The fourth-order valence-corrected chi connectivity index (χ4v) is 4.19. The molecule has 0 aromatic heterocycles. The number of ether oxygens (including phenoxy) is 1. The second-order valence-corrected chi connectivity index (χ2v) is 8.00. The summed E-state index contributed by atoms with van der Waals surface area (Å²) in [7, 11) is -2.68. The summed E-state index contributed by atoms with van der Waals surface area (Å²) in [6.07, 6.45) is 1.52. The first-order chi connectivity index (χ1) is 12.8. The molecule has 2 aromatic rings. The Kier molecular flexibility index (Phi) is 6.87. The average molecular weight is 409 g/mol. The van der Waals surface area contributed by atoms with Crippen LogP contribution in [0.25, 0.3) is 0 Å². The third-order valence-corrected chi connectivity index (χ3v) is 5.78. The molecule has 1 N–H and O–H groups in total. The topological polar surface area (TPSA) is 75.7 Å². The van der Waals surface area contributed by atoms with Gasteiger partial charge in [-0.05, 0) is 48.9 Å². The van der Waals surface area contributed by atoms with Crippen molar-refractivity contribution in [3.8, 4) is 5.75 Å². The van der Waals surface area contributed by atoms with Gasteiger partial charge in [0.25, 0.3) is 10.0 Å². The molecular weight excluding hydrogens is 388 g/mol. The van der Waals surface area contributed by atoms with Gasteiger partial charge in [0.15, 0.2) is 0 Å². The summed E-state index contributed by atoms with van der Waals surface area (Å²) in [5.74, 6) is -0.258. The van der Waals surface area contributed by atoms with Crippen molar-refractivity contribution in [2.24, 2.45) is 0 Å². The van der Waals surface area contributed by atoms with Gasteiger partial charge in [-0.3, -0.25) is 9.10 Å². The van der Waals surface area contributed by atoms with Crippen molar-refractivity contribution in [3.63, 3.8) is 0 Å². The van der Waals surface area contributed by atoms with Gasteiger partial charge in [-0.1, -0.05) is 23.7 Å². The number of rotatable bonds is 8. The first-order valence-corrected chi connectivity index (χ1v) is 9.92. The summed E-state index contributed by atoms with van der Waals surface area (Å²) in [5, 5.41) is 3.05. The largest absolute Gasteiger partial charge is 0.495 e. The fourth-order valence-electron chi connectivity index (χ4n) is 2.40. The predicted molar refractivity (Wildman–Crippen MR) is 107 cm³/mol. The third-order valence-electron chi connectivity index (χ3n) is 3.73. The monoisotopic (exact) mass is 408 g/mol. The van der Waals surface area contributed by atoms with Crippen molar-refractivity contribution in [2.75, 3.05) is 24.5 Å². The molecule has 0 heterocycles. The van der Waals surface area contributed by atoms with Crippen LogP contribution in [0.4, 0.5) is 5.69 Å². The van der Waals surface area contributed by atoms with Gasteiger partial charge in [0.2, 0.25) is 5.91 Å². The first-order valence-electron chi connectivity index (χ1n) is 8.10. The summed E-state index contributed by atoms with van der Waals surface area (Å²) in [5.41, 5.74) is 1.07. The Hall–Kier alpha value is -2.51. The Morgan fingerprint density at radius 3 is 2.52 bits per heavy atom. The lowest BCUT2D eigenvalue weighted by Gasteiger charge is -2.25. The number of benzene rings is 2. The quantitative estimate of drug-likeness (QED) is 0.681. The number of carbonyl (C=O) groups excluding carboxylic acids is 1. The van der Waals surface area contributed by atoms with E-state index in [0.29, 0.717) is 10.7 Å². The van der Waals surface area contributed by atoms with Crippen LogP contribution >= 0.6 is 11.6 Å². The summed E-state index contributed by atoms with van der Waals surface area (Å²) in [6.45, 7) is 5.15. The van der Waals surface area contributed by atoms with E-state index in [0.717, 1.165) is 9.87 Å². The highest BCUT2D eigenvalue weighted by atomic mass is 35.5. The van der Waals surface area contributed by atoms with E-state index in [1.807, 2.05) is 0 Å². The Morgan fingerprint density at radius 2 is 1.93 bits per heavy atom. The van der Waals surface area contributed by atoms with Crippen LogP contribution in [0.15, 0.2) is 60.0 Å². The van der Waals surface area contributed by atoms with Crippen LogP contribution in [0.3, 0.4) is 0 Å². The van der Waals surface area contributed by atoms with Gasteiger partial charge in [0, 0.05) is 11.6 Å². The highest BCUT2D eigenvalue weighted by molar-refractivity contribution is 7.93. The maximum Gasteiger partial charge on any atom is 0.268 e. The van der Waals surface area contributed by atoms with Gasteiger partial charge >= 0.3 is 0 Å². The minimum Gasteiger partial charge on any atom is -0.495 e. The van der Waals surface area contributed by atoms with Crippen LogP contribution in [0.5, 0.6) is 5.75 Å². The second kappa shape index (κ2) is 8.92. The van der Waals surface area contributed by atoms with Gasteiger partial charge in [0.1, 0.15) is 17.2 Å². The number of nitrogens with one attached hydrogen (secondary N) is 1. The minimum atomic E-state index is -4.07. The smallest absolute Gasteiger partial charge is 0.268 e. The second-order valence-electron chi connectivity index (χ2n) is 5.74. The molecule has 27 heavy (non-hydrogen) atoms. The van der Waals surface area contributed by atoms with Crippen LogP contribution in [-0.4, -0.2) is 34.5 Å². The highest BCUT2D eigenvalue weighted by Gasteiger charge is 2.30. The van der Waals surface area contributed by atoms with Gasteiger partial charge < -0.3 is 10.1 Å². The van der Waals surface area contributed by atoms with Crippen LogP contribution in [0, 0.1) is 6.92 Å².